The van der Waals surface area contributed by atoms with Gasteiger partial charge in [0.2, 0.25) is 5.91 Å². The summed E-state index contributed by atoms with van der Waals surface area (Å²) >= 11 is 0. The molecule has 0 spiro atoms. The Kier molecular flexibility index (Phi) is 2.66. The molecule has 1 atom stereocenters. The molecule has 1 aromatic carbocycles. The number of amides is 1. The monoisotopic (exact) mass is 211 g/mol. The molecule has 0 saturated carbocycles. The zero-order valence-electron chi connectivity index (χ0n) is 8.09. The van der Waals surface area contributed by atoms with Crippen LogP contribution in [0.25, 0.3) is 0 Å². The predicted octanol–water partition coefficient (Wildman–Crippen LogP) is 2.31. The third-order valence-electron chi connectivity index (χ3n) is 2.58. The molecular weight excluding hydrogens is 200 g/mol. The van der Waals surface area contributed by atoms with Crippen LogP contribution in [-0.2, 0) is 4.79 Å². The molecule has 1 N–H and O–H groups in total. The van der Waals surface area contributed by atoms with Crippen molar-refractivity contribution in [1.82, 2.24) is 5.32 Å². The van der Waals surface area contributed by atoms with Crippen LogP contribution < -0.4 is 5.32 Å². The molecule has 1 saturated heterocycles. The number of carbonyl (C=O) groups is 1. The van der Waals surface area contributed by atoms with Crippen LogP contribution in [0.15, 0.2) is 18.2 Å². The van der Waals surface area contributed by atoms with Crippen LogP contribution in [0.4, 0.5) is 8.78 Å². The van der Waals surface area contributed by atoms with Crippen LogP contribution in [0.1, 0.15) is 30.9 Å². The zero-order valence-corrected chi connectivity index (χ0v) is 8.09. The molecule has 1 aromatic rings. The number of halogens is 2. The molecule has 1 aliphatic rings. The minimum absolute atomic E-state index is 0.0315. The lowest BCUT2D eigenvalue weighted by Gasteiger charge is -2.23. The molecule has 1 aliphatic heterocycles. The van der Waals surface area contributed by atoms with Gasteiger partial charge < -0.3 is 5.32 Å². The average Bonchev–Trinajstić information content (AvgIpc) is 2.22. The first kappa shape index (κ1) is 10.1. The first-order chi connectivity index (χ1) is 7.16. The fourth-order valence-electron chi connectivity index (χ4n) is 1.78. The van der Waals surface area contributed by atoms with Crippen LogP contribution in [0.3, 0.4) is 0 Å². The normalized spacial score (nSPS) is 21.2. The predicted molar refractivity (Wildman–Crippen MR) is 51.1 cm³/mol. The second-order valence-corrected chi connectivity index (χ2v) is 3.69. The Hall–Kier alpha value is -1.45. The molecule has 0 aromatic heterocycles. The maximum Gasteiger partial charge on any atom is 0.220 e. The van der Waals surface area contributed by atoms with Gasteiger partial charge in [0, 0.05) is 6.42 Å². The van der Waals surface area contributed by atoms with Gasteiger partial charge in [-0.3, -0.25) is 4.79 Å². The van der Waals surface area contributed by atoms with Crippen LogP contribution in [0.2, 0.25) is 0 Å². The molecule has 80 valence electrons. The Morgan fingerprint density at radius 1 is 1.27 bits per heavy atom. The third-order valence-corrected chi connectivity index (χ3v) is 2.58. The minimum Gasteiger partial charge on any atom is -0.349 e. The molecule has 1 amide bonds. The molecule has 0 radical (unpaired) electrons. The standard InChI is InChI=1S/C11H11F2NO/c12-8-5-4-7(6-9(8)13)10-2-1-3-11(15)14-10/h4-6,10H,1-3H2,(H,14,15). The lowest BCUT2D eigenvalue weighted by molar-refractivity contribution is -0.123. The summed E-state index contributed by atoms with van der Waals surface area (Å²) in [6.07, 6.45) is 2.08. The van der Waals surface area contributed by atoms with Gasteiger partial charge in [0.25, 0.3) is 0 Å². The fourth-order valence-corrected chi connectivity index (χ4v) is 1.78. The van der Waals surface area contributed by atoms with E-state index in [2.05, 4.69) is 5.32 Å². The number of rotatable bonds is 1. The summed E-state index contributed by atoms with van der Waals surface area (Å²) in [5, 5.41) is 2.75. The summed E-state index contributed by atoms with van der Waals surface area (Å²) in [4.78, 5) is 11.1. The SMILES string of the molecule is O=C1CCCC(c2ccc(F)c(F)c2)N1. The van der Waals surface area contributed by atoms with E-state index in [0.29, 0.717) is 12.0 Å². The Morgan fingerprint density at radius 2 is 2.07 bits per heavy atom. The lowest BCUT2D eigenvalue weighted by Crippen LogP contribution is -2.32. The Balaban J connectivity index is 2.21. The highest BCUT2D eigenvalue weighted by molar-refractivity contribution is 5.77. The second-order valence-electron chi connectivity index (χ2n) is 3.69. The van der Waals surface area contributed by atoms with Gasteiger partial charge in [-0.2, -0.15) is 0 Å². The Bertz CT molecular complexity index is 392. The molecule has 2 rings (SSSR count). The third kappa shape index (κ3) is 2.14. The van der Waals surface area contributed by atoms with E-state index in [4.69, 9.17) is 0 Å². The van der Waals surface area contributed by atoms with E-state index in [-0.39, 0.29) is 11.9 Å². The van der Waals surface area contributed by atoms with Crippen LogP contribution in [0.5, 0.6) is 0 Å². The molecule has 1 fully saturated rings. The van der Waals surface area contributed by atoms with Crippen molar-refractivity contribution in [3.8, 4) is 0 Å². The van der Waals surface area contributed by atoms with Crippen LogP contribution in [0, 0.1) is 11.6 Å². The van der Waals surface area contributed by atoms with Crippen LogP contribution in [-0.4, -0.2) is 5.91 Å². The van der Waals surface area contributed by atoms with Crippen molar-refractivity contribution in [3.05, 3.63) is 35.4 Å². The number of carbonyl (C=O) groups excluding carboxylic acids is 1. The number of hydrogen-bond donors (Lipinski definition) is 1. The number of nitrogens with one attached hydrogen (secondary N) is 1. The topological polar surface area (TPSA) is 29.1 Å². The van der Waals surface area contributed by atoms with Crippen molar-refractivity contribution < 1.29 is 13.6 Å². The molecule has 0 aliphatic carbocycles. The van der Waals surface area contributed by atoms with Gasteiger partial charge in [0.1, 0.15) is 0 Å². The quantitative estimate of drug-likeness (QED) is 0.758. The lowest BCUT2D eigenvalue weighted by atomic mass is 9.97. The highest BCUT2D eigenvalue weighted by atomic mass is 19.2. The van der Waals surface area contributed by atoms with Gasteiger partial charge in [0.15, 0.2) is 11.6 Å². The largest absolute Gasteiger partial charge is 0.349 e. The van der Waals surface area contributed by atoms with E-state index in [9.17, 15) is 13.6 Å². The first-order valence-electron chi connectivity index (χ1n) is 4.91. The van der Waals surface area contributed by atoms with Crippen molar-refractivity contribution in [2.75, 3.05) is 0 Å². The smallest absolute Gasteiger partial charge is 0.220 e. The summed E-state index contributed by atoms with van der Waals surface area (Å²) < 4.78 is 25.6. The summed E-state index contributed by atoms with van der Waals surface area (Å²) in [5.74, 6) is -1.76. The van der Waals surface area contributed by atoms with Crippen molar-refractivity contribution in [3.63, 3.8) is 0 Å². The van der Waals surface area contributed by atoms with E-state index in [1.54, 1.807) is 0 Å². The van der Waals surface area contributed by atoms with Gasteiger partial charge in [-0.1, -0.05) is 6.07 Å². The van der Waals surface area contributed by atoms with Gasteiger partial charge in [-0.25, -0.2) is 8.78 Å². The number of hydrogen-bond acceptors (Lipinski definition) is 1. The van der Waals surface area contributed by atoms with E-state index < -0.39 is 11.6 Å². The summed E-state index contributed by atoms with van der Waals surface area (Å²) in [7, 11) is 0. The maximum absolute atomic E-state index is 12.9. The van der Waals surface area contributed by atoms with Crippen molar-refractivity contribution >= 4 is 5.91 Å². The van der Waals surface area contributed by atoms with Crippen molar-refractivity contribution in [2.24, 2.45) is 0 Å². The van der Waals surface area contributed by atoms with Crippen molar-refractivity contribution in [2.45, 2.75) is 25.3 Å². The number of benzene rings is 1. The molecule has 4 heteroatoms. The van der Waals surface area contributed by atoms with Gasteiger partial charge in [-0.15, -0.1) is 0 Å². The average molecular weight is 211 g/mol. The van der Waals surface area contributed by atoms with Gasteiger partial charge in [-0.05, 0) is 30.5 Å². The van der Waals surface area contributed by atoms with E-state index in [1.807, 2.05) is 0 Å². The highest BCUT2D eigenvalue weighted by Gasteiger charge is 2.20. The fraction of sp³-hybridized carbons (Fsp3) is 0.364. The first-order valence-corrected chi connectivity index (χ1v) is 4.91. The van der Waals surface area contributed by atoms with E-state index >= 15 is 0 Å². The Morgan fingerprint density at radius 3 is 2.73 bits per heavy atom. The van der Waals surface area contributed by atoms with Gasteiger partial charge in [0.05, 0.1) is 6.04 Å². The highest BCUT2D eigenvalue weighted by Crippen LogP contribution is 2.24. The van der Waals surface area contributed by atoms with Crippen molar-refractivity contribution in [1.29, 1.82) is 0 Å². The molecule has 0 bridgehead atoms. The molecular formula is C11H11F2NO. The summed E-state index contributed by atoms with van der Waals surface area (Å²) in [6, 6.07) is 3.56. The van der Waals surface area contributed by atoms with Crippen LogP contribution >= 0.6 is 0 Å². The second kappa shape index (κ2) is 3.96. The summed E-state index contributed by atoms with van der Waals surface area (Å²) in [5.41, 5.74) is 0.627. The number of piperidine rings is 1. The molecule has 1 unspecified atom stereocenters. The Labute approximate surface area is 86.3 Å². The summed E-state index contributed by atoms with van der Waals surface area (Å²) in [6.45, 7) is 0. The van der Waals surface area contributed by atoms with Gasteiger partial charge >= 0.3 is 0 Å². The zero-order chi connectivity index (χ0) is 10.8. The van der Waals surface area contributed by atoms with E-state index in [1.165, 1.54) is 6.07 Å². The molecule has 15 heavy (non-hydrogen) atoms. The van der Waals surface area contributed by atoms with E-state index in [0.717, 1.165) is 25.0 Å². The minimum atomic E-state index is -0.868. The molecule has 2 nitrogen and oxygen atoms in total. The maximum atomic E-state index is 12.9. The molecule has 1 heterocycles.